The number of nitriles is 1. The van der Waals surface area contributed by atoms with Crippen LogP contribution >= 0.6 is 11.6 Å². The molecule has 19 heavy (non-hydrogen) atoms. The van der Waals surface area contributed by atoms with Crippen LogP contribution in [0.25, 0.3) is 0 Å². The molecule has 0 aromatic heterocycles. The maximum atomic E-state index is 8.95. The van der Waals surface area contributed by atoms with Crippen molar-refractivity contribution in [1.29, 1.82) is 5.26 Å². The second-order valence-corrected chi connectivity index (χ2v) is 6.65. The first-order chi connectivity index (χ1) is 9.00. The van der Waals surface area contributed by atoms with Crippen LogP contribution < -0.4 is 5.32 Å². The monoisotopic (exact) mass is 276 g/mol. The highest BCUT2D eigenvalue weighted by Crippen LogP contribution is 2.35. The van der Waals surface area contributed by atoms with E-state index in [4.69, 9.17) is 16.9 Å². The van der Waals surface area contributed by atoms with Crippen LogP contribution in [-0.2, 0) is 0 Å². The van der Waals surface area contributed by atoms with Crippen molar-refractivity contribution in [2.24, 2.45) is 5.41 Å². The third-order valence-corrected chi connectivity index (χ3v) is 4.36. The minimum atomic E-state index is 0.453. The fourth-order valence-corrected chi connectivity index (χ4v) is 2.90. The molecule has 1 aliphatic rings. The van der Waals surface area contributed by atoms with E-state index < -0.39 is 0 Å². The lowest BCUT2D eigenvalue weighted by molar-refractivity contribution is 0.313. The minimum absolute atomic E-state index is 0.453. The van der Waals surface area contributed by atoms with Crippen molar-refractivity contribution in [2.45, 2.75) is 52.0 Å². The predicted octanol–water partition coefficient (Wildman–Crippen LogP) is 4.98. The van der Waals surface area contributed by atoms with Gasteiger partial charge in [-0.05, 0) is 49.3 Å². The summed E-state index contributed by atoms with van der Waals surface area (Å²) >= 11 is 6.20. The molecule has 3 heteroatoms. The molecule has 1 unspecified atom stereocenters. The van der Waals surface area contributed by atoms with Gasteiger partial charge in [-0.25, -0.2) is 0 Å². The Morgan fingerprint density at radius 1 is 1.32 bits per heavy atom. The summed E-state index contributed by atoms with van der Waals surface area (Å²) in [6.45, 7) is 4.69. The summed E-state index contributed by atoms with van der Waals surface area (Å²) in [7, 11) is 0. The van der Waals surface area contributed by atoms with Gasteiger partial charge < -0.3 is 5.32 Å². The first-order valence-electron chi connectivity index (χ1n) is 6.96. The van der Waals surface area contributed by atoms with E-state index in [-0.39, 0.29) is 0 Å². The van der Waals surface area contributed by atoms with Gasteiger partial charge in [0.25, 0.3) is 0 Å². The highest BCUT2D eigenvalue weighted by Gasteiger charge is 2.24. The minimum Gasteiger partial charge on any atom is -0.381 e. The first kappa shape index (κ1) is 14.2. The normalized spacial score (nSPS) is 22.3. The number of benzene rings is 1. The molecule has 0 amide bonds. The molecule has 0 spiro atoms. The van der Waals surface area contributed by atoms with Crippen LogP contribution in [0.5, 0.6) is 0 Å². The number of nitrogens with one attached hydrogen (secondary N) is 1. The van der Waals surface area contributed by atoms with Crippen molar-refractivity contribution < 1.29 is 0 Å². The lowest BCUT2D eigenvalue weighted by atomic mass is 9.85. The Labute approximate surface area is 120 Å². The SMILES string of the molecule is CC1(C)CCCC(Nc2cc(C#N)ccc2Cl)CC1. The summed E-state index contributed by atoms with van der Waals surface area (Å²) < 4.78 is 0. The van der Waals surface area contributed by atoms with E-state index in [1.165, 1.54) is 32.1 Å². The summed E-state index contributed by atoms with van der Waals surface area (Å²) in [5, 5.41) is 13.2. The summed E-state index contributed by atoms with van der Waals surface area (Å²) in [5.74, 6) is 0. The number of anilines is 1. The average Bonchev–Trinajstić information content (AvgIpc) is 2.54. The van der Waals surface area contributed by atoms with E-state index in [2.05, 4.69) is 25.2 Å². The van der Waals surface area contributed by atoms with E-state index in [0.29, 0.717) is 22.0 Å². The Morgan fingerprint density at radius 3 is 2.84 bits per heavy atom. The Balaban J connectivity index is 2.07. The Morgan fingerprint density at radius 2 is 2.11 bits per heavy atom. The molecular formula is C16H21ClN2. The number of hydrogen-bond donors (Lipinski definition) is 1. The van der Waals surface area contributed by atoms with Crippen LogP contribution in [0.15, 0.2) is 18.2 Å². The van der Waals surface area contributed by atoms with Crippen molar-refractivity contribution in [1.82, 2.24) is 0 Å². The fourth-order valence-electron chi connectivity index (χ4n) is 2.73. The van der Waals surface area contributed by atoms with Crippen molar-refractivity contribution in [3.8, 4) is 6.07 Å². The van der Waals surface area contributed by atoms with E-state index >= 15 is 0 Å². The van der Waals surface area contributed by atoms with E-state index in [9.17, 15) is 0 Å². The van der Waals surface area contributed by atoms with Gasteiger partial charge in [0.05, 0.1) is 22.3 Å². The average molecular weight is 277 g/mol. The standard InChI is InChI=1S/C16H21ClN2/c1-16(2)8-3-4-13(7-9-16)19-15-10-12(11-18)5-6-14(15)17/h5-6,10,13,19H,3-4,7-9H2,1-2H3. The van der Waals surface area contributed by atoms with E-state index in [1.807, 2.05) is 6.07 Å². The van der Waals surface area contributed by atoms with Gasteiger partial charge in [0.15, 0.2) is 0 Å². The molecule has 0 bridgehead atoms. The molecule has 1 atom stereocenters. The molecule has 0 aliphatic heterocycles. The van der Waals surface area contributed by atoms with Crippen molar-refractivity contribution in [2.75, 3.05) is 5.32 Å². The van der Waals surface area contributed by atoms with Crippen LogP contribution in [0.4, 0.5) is 5.69 Å². The van der Waals surface area contributed by atoms with Gasteiger partial charge in [0, 0.05) is 6.04 Å². The Kier molecular flexibility index (Phi) is 4.37. The van der Waals surface area contributed by atoms with Gasteiger partial charge in [0.1, 0.15) is 0 Å². The molecule has 1 saturated carbocycles. The van der Waals surface area contributed by atoms with Crippen molar-refractivity contribution in [3.05, 3.63) is 28.8 Å². The Bertz CT molecular complexity index is 488. The second-order valence-electron chi connectivity index (χ2n) is 6.24. The molecule has 1 aromatic rings. The fraction of sp³-hybridized carbons (Fsp3) is 0.562. The molecule has 2 nitrogen and oxygen atoms in total. The van der Waals surface area contributed by atoms with Gasteiger partial charge in [-0.3, -0.25) is 0 Å². The maximum absolute atomic E-state index is 8.95. The van der Waals surface area contributed by atoms with Gasteiger partial charge in [-0.1, -0.05) is 31.9 Å². The predicted molar refractivity (Wildman–Crippen MR) is 80.4 cm³/mol. The summed E-state index contributed by atoms with van der Waals surface area (Å²) in [6, 6.07) is 8.02. The summed E-state index contributed by atoms with van der Waals surface area (Å²) in [5.41, 5.74) is 2.00. The zero-order valence-electron chi connectivity index (χ0n) is 11.7. The van der Waals surface area contributed by atoms with Gasteiger partial charge in [-0.2, -0.15) is 5.26 Å². The largest absolute Gasteiger partial charge is 0.381 e. The number of halogens is 1. The van der Waals surface area contributed by atoms with Crippen molar-refractivity contribution in [3.63, 3.8) is 0 Å². The molecule has 1 aromatic carbocycles. The lowest BCUT2D eigenvalue weighted by Gasteiger charge is -2.22. The van der Waals surface area contributed by atoms with Crippen LogP contribution in [-0.4, -0.2) is 6.04 Å². The maximum Gasteiger partial charge on any atom is 0.0992 e. The molecule has 0 heterocycles. The van der Waals surface area contributed by atoms with E-state index in [1.54, 1.807) is 12.1 Å². The second kappa shape index (κ2) is 5.84. The van der Waals surface area contributed by atoms with Crippen LogP contribution in [0.1, 0.15) is 51.5 Å². The quantitative estimate of drug-likeness (QED) is 0.773. The van der Waals surface area contributed by atoms with Crippen LogP contribution in [0.3, 0.4) is 0 Å². The van der Waals surface area contributed by atoms with Gasteiger partial charge in [0.2, 0.25) is 0 Å². The van der Waals surface area contributed by atoms with Crippen molar-refractivity contribution >= 4 is 17.3 Å². The number of rotatable bonds is 2. The molecule has 102 valence electrons. The molecular weight excluding hydrogens is 256 g/mol. The molecule has 1 fully saturated rings. The first-order valence-corrected chi connectivity index (χ1v) is 7.34. The van der Waals surface area contributed by atoms with Gasteiger partial charge in [-0.15, -0.1) is 0 Å². The summed E-state index contributed by atoms with van der Waals surface area (Å²) in [4.78, 5) is 0. The third-order valence-electron chi connectivity index (χ3n) is 4.03. The molecule has 1 aliphatic carbocycles. The highest BCUT2D eigenvalue weighted by molar-refractivity contribution is 6.33. The molecule has 0 radical (unpaired) electrons. The van der Waals surface area contributed by atoms with Crippen LogP contribution in [0, 0.1) is 16.7 Å². The van der Waals surface area contributed by atoms with Crippen LogP contribution in [0.2, 0.25) is 5.02 Å². The lowest BCUT2D eigenvalue weighted by Crippen LogP contribution is -2.19. The number of nitrogens with zero attached hydrogens (tertiary/aromatic N) is 1. The third kappa shape index (κ3) is 3.88. The topological polar surface area (TPSA) is 35.8 Å². The van der Waals surface area contributed by atoms with E-state index in [0.717, 1.165) is 5.69 Å². The van der Waals surface area contributed by atoms with Gasteiger partial charge >= 0.3 is 0 Å². The summed E-state index contributed by atoms with van der Waals surface area (Å²) in [6.07, 6.45) is 6.12. The number of hydrogen-bond acceptors (Lipinski definition) is 2. The zero-order valence-corrected chi connectivity index (χ0v) is 12.4. The molecule has 0 saturated heterocycles. The Hall–Kier alpha value is -1.20. The molecule has 2 rings (SSSR count). The molecule has 1 N–H and O–H groups in total. The zero-order chi connectivity index (χ0) is 13.9. The highest BCUT2D eigenvalue weighted by atomic mass is 35.5. The smallest absolute Gasteiger partial charge is 0.0992 e.